The lowest BCUT2D eigenvalue weighted by Crippen LogP contribution is -2.49. The highest BCUT2D eigenvalue weighted by molar-refractivity contribution is 7.99. The number of carbonyl (C=O) groups is 1. The molecule has 8 nitrogen and oxygen atoms in total. The molecule has 0 bridgehead atoms. The van der Waals surface area contributed by atoms with Crippen LogP contribution in [0.4, 0.5) is 5.69 Å². The molecule has 2 aliphatic rings. The second kappa shape index (κ2) is 12.3. The van der Waals surface area contributed by atoms with Crippen LogP contribution in [0.25, 0.3) is 0 Å². The Kier molecular flexibility index (Phi) is 8.95. The van der Waals surface area contributed by atoms with Gasteiger partial charge in [0.15, 0.2) is 0 Å². The summed E-state index contributed by atoms with van der Waals surface area (Å²) in [6.07, 6.45) is 0. The zero-order valence-corrected chi connectivity index (χ0v) is 20.3. The molecule has 0 amide bonds. The number of nitrogens with one attached hydrogen (secondary N) is 1. The number of carboxylic acid groups (broad SMARTS) is 1. The third-order valence-corrected chi connectivity index (χ3v) is 7.11. The van der Waals surface area contributed by atoms with Gasteiger partial charge >= 0.3 is 5.97 Å². The summed E-state index contributed by atoms with van der Waals surface area (Å²) < 4.78 is 11.1. The summed E-state index contributed by atoms with van der Waals surface area (Å²) in [5.41, 5.74) is 2.23. The molecule has 182 valence electrons. The summed E-state index contributed by atoms with van der Waals surface area (Å²) in [5.74, 6) is 0.145. The van der Waals surface area contributed by atoms with E-state index in [9.17, 15) is 4.79 Å². The maximum absolute atomic E-state index is 10.9. The molecule has 1 unspecified atom stereocenters. The Morgan fingerprint density at radius 1 is 1.03 bits per heavy atom. The molecule has 2 aromatic carbocycles. The first-order valence-electron chi connectivity index (χ1n) is 11.6. The highest BCUT2D eigenvalue weighted by Crippen LogP contribution is 2.40. The first-order valence-corrected chi connectivity index (χ1v) is 12.4. The van der Waals surface area contributed by atoms with Gasteiger partial charge in [0.2, 0.25) is 0 Å². The number of amidine groups is 1. The molecule has 4 rings (SSSR count). The number of carboxylic acids is 1. The van der Waals surface area contributed by atoms with E-state index in [4.69, 9.17) is 19.6 Å². The normalized spacial score (nSPS) is 16.9. The quantitative estimate of drug-likeness (QED) is 0.498. The van der Waals surface area contributed by atoms with Crippen molar-refractivity contribution in [3.63, 3.8) is 0 Å². The van der Waals surface area contributed by atoms with Crippen molar-refractivity contribution >= 4 is 29.3 Å². The molecule has 1 atom stereocenters. The fourth-order valence-corrected chi connectivity index (χ4v) is 5.00. The number of hydrogen-bond donors (Lipinski definition) is 2. The minimum atomic E-state index is -0.913. The van der Waals surface area contributed by atoms with Crippen molar-refractivity contribution in [1.29, 1.82) is 0 Å². The Hall–Kier alpha value is -2.43. The van der Waals surface area contributed by atoms with Crippen molar-refractivity contribution < 1.29 is 19.4 Å². The molecule has 0 radical (unpaired) electrons. The predicted octanol–water partition coefficient (Wildman–Crippen LogP) is 2.55. The van der Waals surface area contributed by atoms with Crippen molar-refractivity contribution in [1.82, 2.24) is 15.1 Å². The van der Waals surface area contributed by atoms with Gasteiger partial charge in [-0.1, -0.05) is 42.1 Å². The number of aliphatic imine (C=N–C) groups is 1. The summed E-state index contributed by atoms with van der Waals surface area (Å²) in [7, 11) is 1.61. The molecule has 9 heteroatoms. The highest BCUT2D eigenvalue weighted by atomic mass is 32.2. The second-order valence-electron chi connectivity index (χ2n) is 8.20. The van der Waals surface area contributed by atoms with Gasteiger partial charge in [0, 0.05) is 48.1 Å². The largest absolute Gasteiger partial charge is 0.480 e. The van der Waals surface area contributed by atoms with E-state index >= 15 is 0 Å². The zero-order valence-electron chi connectivity index (χ0n) is 19.5. The molecular formula is C25H32N4O4S. The van der Waals surface area contributed by atoms with Crippen molar-refractivity contribution in [3.8, 4) is 0 Å². The third-order valence-electron chi connectivity index (χ3n) is 5.97. The Morgan fingerprint density at radius 2 is 1.74 bits per heavy atom. The molecule has 34 heavy (non-hydrogen) atoms. The number of ether oxygens (including phenoxy) is 2. The molecule has 0 aliphatic carbocycles. The Labute approximate surface area is 204 Å². The van der Waals surface area contributed by atoms with Crippen LogP contribution in [0.3, 0.4) is 0 Å². The summed E-state index contributed by atoms with van der Waals surface area (Å²) in [5, 5.41) is 11.7. The summed E-state index contributed by atoms with van der Waals surface area (Å²) >= 11 is 1.78. The Bertz CT molecular complexity index is 994. The standard InChI is InChI=1S/C25H32N4O4S/c1-26-21(25(30)31)18-33-17-16-32-15-14-28-10-12-29(13-11-28)24-19-6-2-4-8-22(19)34-23-9-5-3-7-20(23)27-24/h2-9,21,26H,10-18H2,1H3,(H,30,31). The Balaban J connectivity index is 1.23. The van der Waals surface area contributed by atoms with Crippen LogP contribution < -0.4 is 5.32 Å². The minimum absolute atomic E-state index is 0.132. The number of fused-ring (bicyclic) bond motifs is 2. The number of para-hydroxylation sites is 1. The van der Waals surface area contributed by atoms with Gasteiger partial charge in [0.05, 0.1) is 32.1 Å². The molecule has 2 aliphatic heterocycles. The van der Waals surface area contributed by atoms with E-state index in [-0.39, 0.29) is 6.61 Å². The van der Waals surface area contributed by atoms with Crippen LogP contribution >= 0.6 is 11.8 Å². The molecule has 0 aromatic heterocycles. The average Bonchev–Trinajstić information content (AvgIpc) is 3.03. The molecule has 2 heterocycles. The molecule has 0 spiro atoms. The van der Waals surface area contributed by atoms with Gasteiger partial charge in [0.1, 0.15) is 11.9 Å². The van der Waals surface area contributed by atoms with E-state index in [0.29, 0.717) is 19.8 Å². The Morgan fingerprint density at radius 3 is 2.50 bits per heavy atom. The van der Waals surface area contributed by atoms with Crippen molar-refractivity contribution in [3.05, 3.63) is 54.1 Å². The molecule has 2 N–H and O–H groups in total. The van der Waals surface area contributed by atoms with E-state index in [2.05, 4.69) is 57.6 Å². The third kappa shape index (κ3) is 6.37. The molecule has 1 saturated heterocycles. The number of nitrogens with zero attached hydrogens (tertiary/aromatic N) is 3. The number of rotatable bonds is 10. The topological polar surface area (TPSA) is 86.6 Å². The molecule has 1 fully saturated rings. The fraction of sp³-hybridized carbons (Fsp3) is 0.440. The van der Waals surface area contributed by atoms with Gasteiger partial charge in [0.25, 0.3) is 0 Å². The summed E-state index contributed by atoms with van der Waals surface area (Å²) in [6.45, 7) is 6.23. The van der Waals surface area contributed by atoms with Crippen LogP contribution in [0.15, 0.2) is 63.3 Å². The van der Waals surface area contributed by atoms with Crippen LogP contribution in [0.5, 0.6) is 0 Å². The molecule has 0 saturated carbocycles. The van der Waals surface area contributed by atoms with E-state index in [1.54, 1.807) is 18.8 Å². The summed E-state index contributed by atoms with van der Waals surface area (Å²) in [4.78, 5) is 23.3. The number of hydrogen-bond acceptors (Lipinski definition) is 8. The van der Waals surface area contributed by atoms with Crippen LogP contribution in [-0.4, -0.2) is 99.0 Å². The first kappa shape index (κ1) is 24.7. The predicted molar refractivity (Wildman–Crippen MR) is 133 cm³/mol. The van der Waals surface area contributed by atoms with E-state index < -0.39 is 12.0 Å². The van der Waals surface area contributed by atoms with Gasteiger partial charge in [-0.05, 0) is 25.2 Å². The average molecular weight is 485 g/mol. The van der Waals surface area contributed by atoms with Gasteiger partial charge in [-0.2, -0.15) is 0 Å². The minimum Gasteiger partial charge on any atom is -0.480 e. The van der Waals surface area contributed by atoms with Crippen LogP contribution in [0.2, 0.25) is 0 Å². The molecular weight excluding hydrogens is 452 g/mol. The maximum atomic E-state index is 10.9. The van der Waals surface area contributed by atoms with Crippen LogP contribution in [0.1, 0.15) is 5.56 Å². The molecule has 2 aromatic rings. The fourth-order valence-electron chi connectivity index (χ4n) is 3.99. The smallest absolute Gasteiger partial charge is 0.323 e. The highest BCUT2D eigenvalue weighted by Gasteiger charge is 2.25. The lowest BCUT2D eigenvalue weighted by atomic mass is 10.1. The lowest BCUT2D eigenvalue weighted by Gasteiger charge is -2.36. The van der Waals surface area contributed by atoms with E-state index in [0.717, 1.165) is 44.2 Å². The number of likely N-dealkylation sites (N-methyl/N-ethyl adjacent to an activating group) is 1. The van der Waals surface area contributed by atoms with Crippen molar-refractivity contribution in [2.24, 2.45) is 4.99 Å². The van der Waals surface area contributed by atoms with Crippen molar-refractivity contribution in [2.75, 3.05) is 66.2 Å². The maximum Gasteiger partial charge on any atom is 0.323 e. The van der Waals surface area contributed by atoms with E-state index in [1.807, 2.05) is 6.07 Å². The van der Waals surface area contributed by atoms with E-state index in [1.165, 1.54) is 15.4 Å². The van der Waals surface area contributed by atoms with Gasteiger partial charge < -0.3 is 24.8 Å². The van der Waals surface area contributed by atoms with Gasteiger partial charge in [-0.25, -0.2) is 4.99 Å². The number of aliphatic carboxylic acids is 1. The van der Waals surface area contributed by atoms with Gasteiger partial charge in [-0.15, -0.1) is 0 Å². The lowest BCUT2D eigenvalue weighted by molar-refractivity contribution is -0.141. The summed E-state index contributed by atoms with van der Waals surface area (Å²) in [6, 6.07) is 16.2. The first-order chi connectivity index (χ1) is 16.7. The number of piperazine rings is 1. The zero-order chi connectivity index (χ0) is 23.8. The van der Waals surface area contributed by atoms with Crippen LogP contribution in [0, 0.1) is 0 Å². The monoisotopic (exact) mass is 484 g/mol. The van der Waals surface area contributed by atoms with Crippen LogP contribution in [-0.2, 0) is 14.3 Å². The van der Waals surface area contributed by atoms with Gasteiger partial charge in [-0.3, -0.25) is 9.69 Å². The second-order valence-corrected chi connectivity index (χ2v) is 9.28. The van der Waals surface area contributed by atoms with Crippen molar-refractivity contribution in [2.45, 2.75) is 15.8 Å². The SMILES string of the molecule is CNC(COCCOCCN1CCN(C2=Nc3ccccc3Sc3ccccc32)CC1)C(=O)O. The number of benzene rings is 2.